The van der Waals surface area contributed by atoms with E-state index in [1.807, 2.05) is 4.90 Å². The summed E-state index contributed by atoms with van der Waals surface area (Å²) in [7, 11) is 0. The molecule has 3 N–H and O–H groups in total. The zero-order chi connectivity index (χ0) is 12.4. The highest BCUT2D eigenvalue weighted by molar-refractivity contribution is 7.10. The van der Waals surface area contributed by atoms with Crippen LogP contribution in [-0.2, 0) is 4.79 Å². The van der Waals surface area contributed by atoms with Crippen LogP contribution in [0.4, 0.5) is 10.8 Å². The van der Waals surface area contributed by atoms with Gasteiger partial charge in [0.1, 0.15) is 16.6 Å². The molecule has 1 fully saturated rings. The van der Waals surface area contributed by atoms with Gasteiger partial charge in [0.05, 0.1) is 0 Å². The molecule has 2 heterocycles. The summed E-state index contributed by atoms with van der Waals surface area (Å²) in [4.78, 5) is 13.0. The lowest BCUT2D eigenvalue weighted by Gasteiger charge is -2.16. The molecular weight excluding hydrogens is 238 g/mol. The molecule has 1 aromatic heterocycles. The third kappa shape index (κ3) is 2.31. The van der Waals surface area contributed by atoms with Crippen LogP contribution in [0.1, 0.15) is 18.9 Å². The number of nitrogens with two attached hydrogens (primary N) is 1. The smallest absolute Gasteiger partial charge is 0.217 e. The first-order chi connectivity index (χ1) is 8.11. The van der Waals surface area contributed by atoms with Crippen molar-refractivity contribution < 1.29 is 4.79 Å². The van der Waals surface area contributed by atoms with Crippen molar-refractivity contribution in [2.24, 2.45) is 0 Å². The van der Waals surface area contributed by atoms with Crippen molar-refractivity contribution in [3.05, 3.63) is 5.56 Å². The van der Waals surface area contributed by atoms with E-state index >= 15 is 0 Å². The standard InChI is InChI=1S/C10H13N5OS/c1-6(16)13-7-2-3-15(5-7)10-8(4-11)9(12)14-17-10/h7H,2-3,5H2,1H3,(H2,12,14)(H,13,16). The second-order valence-electron chi connectivity index (χ2n) is 3.99. The Bertz CT molecular complexity index is 478. The minimum atomic E-state index is -0.0267. The van der Waals surface area contributed by atoms with E-state index in [9.17, 15) is 4.79 Å². The van der Waals surface area contributed by atoms with Gasteiger partial charge in [0.15, 0.2) is 5.82 Å². The first-order valence-electron chi connectivity index (χ1n) is 5.29. The molecule has 1 aromatic rings. The van der Waals surface area contributed by atoms with Crippen molar-refractivity contribution in [1.29, 1.82) is 5.26 Å². The van der Waals surface area contributed by atoms with Gasteiger partial charge in [-0.05, 0) is 18.0 Å². The first-order valence-corrected chi connectivity index (χ1v) is 6.06. The Morgan fingerprint density at radius 3 is 3.18 bits per heavy atom. The van der Waals surface area contributed by atoms with E-state index in [-0.39, 0.29) is 17.8 Å². The monoisotopic (exact) mass is 251 g/mol. The molecule has 0 saturated carbocycles. The van der Waals surface area contributed by atoms with E-state index in [1.165, 1.54) is 18.5 Å². The molecule has 0 aliphatic carbocycles. The predicted octanol–water partition coefficient (Wildman–Crippen LogP) is 0.312. The summed E-state index contributed by atoms with van der Waals surface area (Å²) in [6.07, 6.45) is 0.877. The van der Waals surface area contributed by atoms with Crippen LogP contribution >= 0.6 is 11.5 Å². The SMILES string of the molecule is CC(=O)NC1CCN(c2snc(N)c2C#N)C1. The Hall–Kier alpha value is -1.81. The number of nitriles is 1. The number of anilines is 2. The van der Waals surface area contributed by atoms with Crippen molar-refractivity contribution in [3.8, 4) is 6.07 Å². The van der Waals surface area contributed by atoms with Crippen molar-refractivity contribution >= 4 is 28.3 Å². The van der Waals surface area contributed by atoms with Gasteiger partial charge in [-0.15, -0.1) is 0 Å². The lowest BCUT2D eigenvalue weighted by molar-refractivity contribution is -0.119. The molecule has 0 spiro atoms. The number of aromatic nitrogens is 1. The molecular formula is C10H13N5OS. The maximum atomic E-state index is 11.0. The van der Waals surface area contributed by atoms with Crippen molar-refractivity contribution in [2.75, 3.05) is 23.7 Å². The molecule has 1 aliphatic heterocycles. The lowest BCUT2D eigenvalue weighted by Crippen LogP contribution is -2.35. The molecule has 1 atom stereocenters. The van der Waals surface area contributed by atoms with Crippen LogP contribution in [-0.4, -0.2) is 29.4 Å². The van der Waals surface area contributed by atoms with Crippen LogP contribution in [0.15, 0.2) is 0 Å². The molecule has 1 amide bonds. The fourth-order valence-corrected chi connectivity index (χ4v) is 2.76. The fourth-order valence-electron chi connectivity index (χ4n) is 1.96. The summed E-state index contributed by atoms with van der Waals surface area (Å²) in [5.74, 6) is 0.261. The van der Waals surface area contributed by atoms with Gasteiger partial charge in [-0.3, -0.25) is 4.79 Å². The average Bonchev–Trinajstić information content (AvgIpc) is 2.83. The number of amides is 1. The maximum Gasteiger partial charge on any atom is 0.217 e. The van der Waals surface area contributed by atoms with E-state index in [2.05, 4.69) is 15.8 Å². The molecule has 0 bridgehead atoms. The summed E-state index contributed by atoms with van der Waals surface area (Å²) < 4.78 is 3.99. The van der Waals surface area contributed by atoms with Crippen molar-refractivity contribution in [1.82, 2.24) is 9.69 Å². The summed E-state index contributed by atoms with van der Waals surface area (Å²) in [6, 6.07) is 2.21. The summed E-state index contributed by atoms with van der Waals surface area (Å²) in [5, 5.41) is 12.7. The van der Waals surface area contributed by atoms with Crippen LogP contribution in [0.2, 0.25) is 0 Å². The zero-order valence-corrected chi connectivity index (χ0v) is 10.3. The van der Waals surface area contributed by atoms with Gasteiger partial charge in [-0.2, -0.15) is 9.64 Å². The Kier molecular flexibility index (Phi) is 3.15. The van der Waals surface area contributed by atoms with Gasteiger partial charge in [-0.1, -0.05) is 0 Å². The number of nitrogens with zero attached hydrogens (tertiary/aromatic N) is 3. The Balaban J connectivity index is 2.10. The van der Waals surface area contributed by atoms with Crippen LogP contribution in [0.5, 0.6) is 0 Å². The van der Waals surface area contributed by atoms with Crippen LogP contribution in [0.3, 0.4) is 0 Å². The number of nitrogens with one attached hydrogen (secondary N) is 1. The number of carbonyl (C=O) groups excluding carboxylic acids is 1. The number of rotatable bonds is 2. The first kappa shape index (κ1) is 11.7. The third-order valence-electron chi connectivity index (χ3n) is 2.70. The Morgan fingerprint density at radius 1 is 1.76 bits per heavy atom. The number of hydrogen-bond acceptors (Lipinski definition) is 6. The van der Waals surface area contributed by atoms with Crippen LogP contribution in [0, 0.1) is 11.3 Å². The van der Waals surface area contributed by atoms with Crippen molar-refractivity contribution in [2.45, 2.75) is 19.4 Å². The van der Waals surface area contributed by atoms with E-state index in [4.69, 9.17) is 11.0 Å². The summed E-state index contributed by atoms with van der Waals surface area (Å²) in [5.41, 5.74) is 6.06. The normalized spacial score (nSPS) is 19.1. The largest absolute Gasteiger partial charge is 0.382 e. The third-order valence-corrected chi connectivity index (χ3v) is 3.62. The minimum Gasteiger partial charge on any atom is -0.382 e. The quantitative estimate of drug-likeness (QED) is 0.789. The molecule has 6 nitrogen and oxygen atoms in total. The summed E-state index contributed by atoms with van der Waals surface area (Å²) in [6.45, 7) is 3.02. The van der Waals surface area contributed by atoms with Gasteiger partial charge in [-0.25, -0.2) is 0 Å². The molecule has 1 aliphatic rings. The number of nitrogen functional groups attached to an aromatic ring is 1. The Labute approximate surface area is 103 Å². The second kappa shape index (κ2) is 4.59. The molecule has 7 heteroatoms. The van der Waals surface area contributed by atoms with E-state index < -0.39 is 0 Å². The van der Waals surface area contributed by atoms with Crippen LogP contribution < -0.4 is 16.0 Å². The van der Waals surface area contributed by atoms with Gasteiger partial charge in [0.2, 0.25) is 5.91 Å². The zero-order valence-electron chi connectivity index (χ0n) is 9.43. The lowest BCUT2D eigenvalue weighted by atomic mass is 10.2. The highest BCUT2D eigenvalue weighted by Crippen LogP contribution is 2.32. The molecule has 17 heavy (non-hydrogen) atoms. The fraction of sp³-hybridized carbons (Fsp3) is 0.500. The maximum absolute atomic E-state index is 11.0. The topological polar surface area (TPSA) is 95.0 Å². The molecule has 1 unspecified atom stereocenters. The van der Waals surface area contributed by atoms with Crippen LogP contribution in [0.25, 0.3) is 0 Å². The minimum absolute atomic E-state index is 0.0267. The highest BCUT2D eigenvalue weighted by Gasteiger charge is 2.27. The molecule has 90 valence electrons. The van der Waals surface area contributed by atoms with E-state index in [0.717, 1.165) is 18.0 Å². The Morgan fingerprint density at radius 2 is 2.53 bits per heavy atom. The van der Waals surface area contributed by atoms with Gasteiger partial charge < -0.3 is 16.0 Å². The summed E-state index contributed by atoms with van der Waals surface area (Å²) >= 11 is 1.23. The van der Waals surface area contributed by atoms with Gasteiger partial charge in [0.25, 0.3) is 0 Å². The average molecular weight is 251 g/mol. The van der Waals surface area contributed by atoms with Gasteiger partial charge >= 0.3 is 0 Å². The van der Waals surface area contributed by atoms with E-state index in [0.29, 0.717) is 12.1 Å². The van der Waals surface area contributed by atoms with Crippen molar-refractivity contribution in [3.63, 3.8) is 0 Å². The molecule has 0 radical (unpaired) electrons. The van der Waals surface area contributed by atoms with E-state index in [1.54, 1.807) is 0 Å². The molecule has 0 aromatic carbocycles. The molecule has 2 rings (SSSR count). The highest BCUT2D eigenvalue weighted by atomic mass is 32.1. The van der Waals surface area contributed by atoms with Gasteiger partial charge in [0, 0.05) is 26.1 Å². The molecule has 1 saturated heterocycles. The number of carbonyl (C=O) groups is 1. The second-order valence-corrected chi connectivity index (χ2v) is 4.74. The number of hydrogen-bond donors (Lipinski definition) is 2. The predicted molar refractivity (Wildman–Crippen MR) is 65.7 cm³/mol.